The number of carbonyl (C=O) groups is 1. The van der Waals surface area contributed by atoms with Crippen LogP contribution in [0.3, 0.4) is 0 Å². The van der Waals surface area contributed by atoms with Crippen molar-refractivity contribution in [1.29, 1.82) is 0 Å². The quantitative estimate of drug-likeness (QED) is 0.832. The zero-order valence-corrected chi connectivity index (χ0v) is 14.9. The molecule has 1 aliphatic heterocycles. The van der Waals surface area contributed by atoms with E-state index in [1.165, 1.54) is 24.3 Å². The topological polar surface area (TPSA) is 84.5 Å². The molecule has 2 aromatic rings. The molecule has 1 fully saturated rings. The number of ether oxygens (including phenoxy) is 1. The van der Waals surface area contributed by atoms with Gasteiger partial charge in [0.05, 0.1) is 10.7 Å². The van der Waals surface area contributed by atoms with Crippen LogP contribution in [0.25, 0.3) is 0 Å². The largest absolute Gasteiger partial charge is 0.482 e. The third-order valence-electron chi connectivity index (χ3n) is 4.33. The van der Waals surface area contributed by atoms with Crippen molar-refractivity contribution in [3.8, 4) is 5.75 Å². The molecule has 0 saturated heterocycles. The SMILES string of the molecule is O=C1COc2cc(S(=O)(=O)N[C@H]3C[C@H]3c3cccc(F)c3)c(Cl)cc2N1. The Bertz CT molecular complexity index is 1010. The summed E-state index contributed by atoms with van der Waals surface area (Å²) >= 11 is 6.10. The van der Waals surface area contributed by atoms with Crippen LogP contribution >= 0.6 is 11.6 Å². The highest BCUT2D eigenvalue weighted by molar-refractivity contribution is 7.89. The minimum atomic E-state index is -3.89. The highest BCUT2D eigenvalue weighted by Gasteiger charge is 2.42. The van der Waals surface area contributed by atoms with E-state index in [-0.39, 0.29) is 46.0 Å². The average Bonchev–Trinajstić information content (AvgIpc) is 3.32. The lowest BCUT2D eigenvalue weighted by Gasteiger charge is -2.19. The lowest BCUT2D eigenvalue weighted by molar-refractivity contribution is -0.118. The number of hydrogen-bond acceptors (Lipinski definition) is 4. The maximum absolute atomic E-state index is 13.3. The molecule has 4 rings (SSSR count). The number of hydrogen-bond donors (Lipinski definition) is 2. The van der Waals surface area contributed by atoms with Crippen LogP contribution < -0.4 is 14.8 Å². The maximum Gasteiger partial charge on any atom is 0.262 e. The van der Waals surface area contributed by atoms with E-state index in [1.54, 1.807) is 12.1 Å². The smallest absolute Gasteiger partial charge is 0.262 e. The molecular weight excluding hydrogens is 383 g/mol. The van der Waals surface area contributed by atoms with Crippen molar-refractivity contribution in [2.45, 2.75) is 23.3 Å². The van der Waals surface area contributed by atoms with Gasteiger partial charge in [0.15, 0.2) is 6.61 Å². The molecule has 136 valence electrons. The first kappa shape index (κ1) is 17.3. The Kier molecular flexibility index (Phi) is 4.13. The van der Waals surface area contributed by atoms with Crippen molar-refractivity contribution < 1.29 is 22.3 Å². The molecule has 0 bridgehead atoms. The van der Waals surface area contributed by atoms with E-state index in [0.29, 0.717) is 12.1 Å². The lowest BCUT2D eigenvalue weighted by Crippen LogP contribution is -2.28. The van der Waals surface area contributed by atoms with Gasteiger partial charge in [-0.05, 0) is 30.2 Å². The number of sulfonamides is 1. The van der Waals surface area contributed by atoms with Crippen molar-refractivity contribution in [3.63, 3.8) is 0 Å². The highest BCUT2D eigenvalue weighted by Crippen LogP contribution is 2.43. The predicted octanol–water partition coefficient (Wildman–Crippen LogP) is 2.64. The molecule has 0 aromatic heterocycles. The Morgan fingerprint density at radius 3 is 2.85 bits per heavy atom. The van der Waals surface area contributed by atoms with Crippen molar-refractivity contribution in [2.24, 2.45) is 0 Å². The van der Waals surface area contributed by atoms with Crippen molar-refractivity contribution >= 4 is 33.2 Å². The molecule has 2 aliphatic rings. The summed E-state index contributed by atoms with van der Waals surface area (Å²) in [7, 11) is -3.89. The van der Waals surface area contributed by atoms with Gasteiger partial charge in [0, 0.05) is 18.0 Å². The van der Waals surface area contributed by atoms with E-state index >= 15 is 0 Å². The first-order valence-corrected chi connectivity index (χ1v) is 9.73. The van der Waals surface area contributed by atoms with Gasteiger partial charge >= 0.3 is 0 Å². The van der Waals surface area contributed by atoms with Gasteiger partial charge in [-0.3, -0.25) is 4.79 Å². The fraction of sp³-hybridized carbons (Fsp3) is 0.235. The second-order valence-electron chi connectivity index (χ2n) is 6.24. The normalized spacial score (nSPS) is 21.5. The van der Waals surface area contributed by atoms with Crippen LogP contribution in [-0.4, -0.2) is 27.0 Å². The summed E-state index contributed by atoms with van der Waals surface area (Å²) in [6.07, 6.45) is 0.581. The summed E-state index contributed by atoms with van der Waals surface area (Å²) in [6, 6.07) is 8.43. The van der Waals surface area contributed by atoms with Gasteiger partial charge in [0.2, 0.25) is 10.0 Å². The summed E-state index contributed by atoms with van der Waals surface area (Å²) in [6.45, 7) is -0.189. The van der Waals surface area contributed by atoms with Gasteiger partial charge < -0.3 is 10.1 Å². The minimum Gasteiger partial charge on any atom is -0.482 e. The van der Waals surface area contributed by atoms with Crippen LogP contribution in [0, 0.1) is 5.82 Å². The Morgan fingerprint density at radius 2 is 2.08 bits per heavy atom. The molecule has 1 aliphatic carbocycles. The van der Waals surface area contributed by atoms with E-state index in [1.807, 2.05) is 0 Å². The third-order valence-corrected chi connectivity index (χ3v) is 6.28. The second kappa shape index (κ2) is 6.22. The Balaban J connectivity index is 1.55. The van der Waals surface area contributed by atoms with Crippen LogP contribution in [0.15, 0.2) is 41.3 Å². The standard InChI is InChI=1S/C17H14ClFN2O4S/c18-12-6-14-15(25-8-17(22)20-14)7-16(12)26(23,24)21-13-5-11(13)9-2-1-3-10(19)4-9/h1-4,6-7,11,13,21H,5,8H2,(H,20,22)/t11-,13-/m0/s1. The highest BCUT2D eigenvalue weighted by atomic mass is 35.5. The van der Waals surface area contributed by atoms with Crippen LogP contribution in [0.2, 0.25) is 5.02 Å². The number of amides is 1. The molecule has 2 atom stereocenters. The molecule has 1 amide bonds. The van der Waals surface area contributed by atoms with Gasteiger partial charge in [0.25, 0.3) is 5.91 Å². The Morgan fingerprint density at radius 1 is 1.27 bits per heavy atom. The minimum absolute atomic E-state index is 0.0231. The summed E-state index contributed by atoms with van der Waals surface area (Å²) in [5.41, 5.74) is 1.08. The first-order valence-electron chi connectivity index (χ1n) is 7.87. The van der Waals surface area contributed by atoms with Gasteiger partial charge in [-0.15, -0.1) is 0 Å². The molecular formula is C17H14ClFN2O4S. The number of nitrogens with one attached hydrogen (secondary N) is 2. The number of anilines is 1. The molecule has 26 heavy (non-hydrogen) atoms. The Labute approximate surface area is 154 Å². The van der Waals surface area contributed by atoms with Crippen molar-refractivity contribution in [2.75, 3.05) is 11.9 Å². The summed E-state index contributed by atoms with van der Waals surface area (Å²) in [4.78, 5) is 11.2. The first-order chi connectivity index (χ1) is 12.3. The molecule has 0 unspecified atom stereocenters. The van der Waals surface area contributed by atoms with Crippen molar-refractivity contribution in [3.05, 3.63) is 52.8 Å². The number of benzene rings is 2. The van der Waals surface area contributed by atoms with Crippen LogP contribution in [0.1, 0.15) is 17.9 Å². The molecule has 1 saturated carbocycles. The molecule has 0 spiro atoms. The lowest BCUT2D eigenvalue weighted by atomic mass is 10.1. The zero-order valence-electron chi connectivity index (χ0n) is 13.3. The number of fused-ring (bicyclic) bond motifs is 1. The summed E-state index contributed by atoms with van der Waals surface area (Å²) < 4.78 is 46.5. The predicted molar refractivity (Wildman–Crippen MR) is 93.4 cm³/mol. The van der Waals surface area contributed by atoms with E-state index < -0.39 is 10.0 Å². The number of carbonyl (C=O) groups excluding carboxylic acids is 1. The second-order valence-corrected chi connectivity index (χ2v) is 8.33. The van der Waals surface area contributed by atoms with E-state index in [4.69, 9.17) is 16.3 Å². The third kappa shape index (κ3) is 3.27. The zero-order chi connectivity index (χ0) is 18.5. The van der Waals surface area contributed by atoms with Gasteiger partial charge in [-0.1, -0.05) is 23.7 Å². The summed E-state index contributed by atoms with van der Waals surface area (Å²) in [5.74, 6) is -0.523. The average molecular weight is 397 g/mol. The van der Waals surface area contributed by atoms with Gasteiger partial charge in [0.1, 0.15) is 16.5 Å². The van der Waals surface area contributed by atoms with Crippen LogP contribution in [-0.2, 0) is 14.8 Å². The van der Waals surface area contributed by atoms with Crippen LogP contribution in [0.4, 0.5) is 10.1 Å². The van der Waals surface area contributed by atoms with Crippen molar-refractivity contribution in [1.82, 2.24) is 4.72 Å². The number of rotatable bonds is 4. The van der Waals surface area contributed by atoms with Gasteiger partial charge in [-0.2, -0.15) is 0 Å². The van der Waals surface area contributed by atoms with Crippen LogP contribution in [0.5, 0.6) is 5.75 Å². The van der Waals surface area contributed by atoms with E-state index in [2.05, 4.69) is 10.0 Å². The fourth-order valence-corrected chi connectivity index (χ4v) is 4.81. The maximum atomic E-state index is 13.3. The fourth-order valence-electron chi connectivity index (χ4n) is 2.98. The molecule has 2 aromatic carbocycles. The number of halogens is 2. The Hall–Kier alpha value is -2.16. The molecule has 0 radical (unpaired) electrons. The summed E-state index contributed by atoms with van der Waals surface area (Å²) in [5, 5.41) is 2.54. The molecule has 9 heteroatoms. The van der Waals surface area contributed by atoms with E-state index in [9.17, 15) is 17.6 Å². The monoisotopic (exact) mass is 396 g/mol. The van der Waals surface area contributed by atoms with E-state index in [0.717, 1.165) is 5.56 Å². The molecule has 1 heterocycles. The van der Waals surface area contributed by atoms with Gasteiger partial charge in [-0.25, -0.2) is 17.5 Å². The molecule has 2 N–H and O–H groups in total. The molecule has 6 nitrogen and oxygen atoms in total.